The van der Waals surface area contributed by atoms with Crippen molar-refractivity contribution in [1.29, 1.82) is 0 Å². The van der Waals surface area contributed by atoms with E-state index in [4.69, 9.17) is 11.6 Å². The third-order valence-corrected chi connectivity index (χ3v) is 2.20. The average molecular weight is 274 g/mol. The Morgan fingerprint density at radius 1 is 1.29 bits per heavy atom. The minimum atomic E-state index is 0.399. The van der Waals surface area contributed by atoms with Gasteiger partial charge in [-0.2, -0.15) is 5.10 Å². The summed E-state index contributed by atoms with van der Waals surface area (Å²) in [6.07, 6.45) is 6.76. The number of nitrogens with zero attached hydrogens (tertiary/aromatic N) is 4. The number of aromatic nitrogens is 4. The van der Waals surface area contributed by atoms with Crippen LogP contribution in [0, 0.1) is 0 Å². The lowest BCUT2D eigenvalue weighted by Gasteiger charge is -1.99. The van der Waals surface area contributed by atoms with Gasteiger partial charge in [-0.3, -0.25) is 9.67 Å². The maximum atomic E-state index is 5.62. The fourth-order valence-electron chi connectivity index (χ4n) is 1.01. The molecule has 14 heavy (non-hydrogen) atoms. The molecule has 0 saturated heterocycles. The molecule has 2 aromatic heterocycles. The van der Waals surface area contributed by atoms with E-state index in [1.165, 1.54) is 6.20 Å². The quantitative estimate of drug-likeness (QED) is 0.842. The second-order valence-electron chi connectivity index (χ2n) is 2.69. The van der Waals surface area contributed by atoms with Gasteiger partial charge in [0.25, 0.3) is 0 Å². The molecule has 0 N–H and O–H groups in total. The van der Waals surface area contributed by atoms with Crippen molar-refractivity contribution in [3.63, 3.8) is 0 Å². The van der Waals surface area contributed by atoms with Gasteiger partial charge in [0, 0.05) is 6.20 Å². The molecule has 0 amide bonds. The molecule has 0 saturated carbocycles. The number of rotatable bonds is 2. The molecule has 0 aromatic carbocycles. The molecule has 2 heterocycles. The first-order valence-electron chi connectivity index (χ1n) is 3.88. The molecule has 0 aliphatic rings. The van der Waals surface area contributed by atoms with E-state index >= 15 is 0 Å². The molecule has 0 aliphatic carbocycles. The lowest BCUT2D eigenvalue weighted by Crippen LogP contribution is -2.02. The van der Waals surface area contributed by atoms with Gasteiger partial charge in [0.15, 0.2) is 0 Å². The third-order valence-electron chi connectivity index (χ3n) is 1.60. The summed E-state index contributed by atoms with van der Waals surface area (Å²) < 4.78 is 2.71. The second kappa shape index (κ2) is 4.06. The predicted molar refractivity (Wildman–Crippen MR) is 56.1 cm³/mol. The number of hydrogen-bond donors (Lipinski definition) is 0. The SMILES string of the molecule is Clc1cnc(Cn2cc(Br)cn2)cn1. The van der Waals surface area contributed by atoms with Crippen molar-refractivity contribution in [3.8, 4) is 0 Å². The van der Waals surface area contributed by atoms with Crippen molar-refractivity contribution in [3.05, 3.63) is 40.1 Å². The van der Waals surface area contributed by atoms with Crippen molar-refractivity contribution in [2.75, 3.05) is 0 Å². The van der Waals surface area contributed by atoms with Gasteiger partial charge >= 0.3 is 0 Å². The Morgan fingerprint density at radius 2 is 2.14 bits per heavy atom. The normalized spacial score (nSPS) is 10.4. The summed E-state index contributed by atoms with van der Waals surface area (Å²) >= 11 is 8.93. The van der Waals surface area contributed by atoms with Crippen molar-refractivity contribution in [2.24, 2.45) is 0 Å². The first-order chi connectivity index (χ1) is 6.74. The van der Waals surface area contributed by atoms with Crippen molar-refractivity contribution in [2.45, 2.75) is 6.54 Å². The van der Waals surface area contributed by atoms with E-state index in [2.05, 4.69) is 31.0 Å². The molecule has 4 nitrogen and oxygen atoms in total. The van der Waals surface area contributed by atoms with Crippen LogP contribution < -0.4 is 0 Å². The summed E-state index contributed by atoms with van der Waals surface area (Å²) in [6, 6.07) is 0. The lowest BCUT2D eigenvalue weighted by molar-refractivity contribution is 0.669. The van der Waals surface area contributed by atoms with Crippen LogP contribution in [0.3, 0.4) is 0 Å². The maximum Gasteiger partial charge on any atom is 0.147 e. The fraction of sp³-hybridized carbons (Fsp3) is 0.125. The van der Waals surface area contributed by atoms with Crippen LogP contribution >= 0.6 is 27.5 Å². The van der Waals surface area contributed by atoms with Crippen LogP contribution in [0.1, 0.15) is 5.69 Å². The first kappa shape index (κ1) is 9.61. The smallest absolute Gasteiger partial charge is 0.147 e. The van der Waals surface area contributed by atoms with Gasteiger partial charge in [-0.1, -0.05) is 11.6 Å². The summed E-state index contributed by atoms with van der Waals surface area (Å²) in [5.41, 5.74) is 0.824. The van der Waals surface area contributed by atoms with Crippen LogP contribution in [-0.4, -0.2) is 19.7 Å². The zero-order chi connectivity index (χ0) is 9.97. The van der Waals surface area contributed by atoms with Crippen LogP contribution in [0.5, 0.6) is 0 Å². The minimum Gasteiger partial charge on any atom is -0.266 e. The Morgan fingerprint density at radius 3 is 2.71 bits per heavy atom. The molecule has 0 bridgehead atoms. The van der Waals surface area contributed by atoms with Crippen LogP contribution in [0.25, 0.3) is 0 Å². The first-order valence-corrected chi connectivity index (χ1v) is 5.05. The Balaban J connectivity index is 2.15. The Bertz CT molecular complexity index is 425. The summed E-state index contributed by atoms with van der Waals surface area (Å²) in [5, 5.41) is 4.50. The molecule has 0 radical (unpaired) electrons. The van der Waals surface area contributed by atoms with Crippen LogP contribution in [0.2, 0.25) is 5.15 Å². The van der Waals surface area contributed by atoms with Crippen molar-refractivity contribution in [1.82, 2.24) is 19.7 Å². The molecular weight excluding hydrogens is 267 g/mol. The van der Waals surface area contributed by atoms with Gasteiger partial charge in [-0.25, -0.2) is 4.98 Å². The topological polar surface area (TPSA) is 43.6 Å². The van der Waals surface area contributed by atoms with Crippen molar-refractivity contribution < 1.29 is 0 Å². The number of hydrogen-bond acceptors (Lipinski definition) is 3. The summed E-state index contributed by atoms with van der Waals surface area (Å²) in [7, 11) is 0. The molecule has 0 fully saturated rings. The third kappa shape index (κ3) is 2.30. The second-order valence-corrected chi connectivity index (χ2v) is 3.99. The van der Waals surface area contributed by atoms with E-state index in [9.17, 15) is 0 Å². The molecular formula is C8H6BrClN4. The zero-order valence-electron chi connectivity index (χ0n) is 7.06. The molecule has 72 valence electrons. The highest BCUT2D eigenvalue weighted by atomic mass is 79.9. The van der Waals surface area contributed by atoms with E-state index in [0.29, 0.717) is 11.7 Å². The van der Waals surface area contributed by atoms with Gasteiger partial charge < -0.3 is 0 Å². The van der Waals surface area contributed by atoms with E-state index in [-0.39, 0.29) is 0 Å². The van der Waals surface area contributed by atoms with E-state index in [0.717, 1.165) is 10.2 Å². The summed E-state index contributed by atoms with van der Waals surface area (Å²) in [5.74, 6) is 0. The molecule has 2 aromatic rings. The monoisotopic (exact) mass is 272 g/mol. The molecule has 0 atom stereocenters. The van der Waals surface area contributed by atoms with E-state index < -0.39 is 0 Å². The van der Waals surface area contributed by atoms with E-state index in [1.54, 1.807) is 17.1 Å². The standard InChI is InChI=1S/C8H6BrClN4/c9-6-1-13-14(4-6)5-7-2-12-8(10)3-11-7/h1-4H,5H2. The average Bonchev–Trinajstić information content (AvgIpc) is 2.56. The largest absolute Gasteiger partial charge is 0.266 e. The minimum absolute atomic E-state index is 0.399. The van der Waals surface area contributed by atoms with Gasteiger partial charge in [0.05, 0.1) is 35.3 Å². The summed E-state index contributed by atoms with van der Waals surface area (Å²) in [6.45, 7) is 0.593. The predicted octanol–water partition coefficient (Wildman–Crippen LogP) is 2.14. The van der Waals surface area contributed by atoms with Crippen molar-refractivity contribution >= 4 is 27.5 Å². The molecule has 2 rings (SSSR count). The lowest BCUT2D eigenvalue weighted by atomic mass is 10.4. The summed E-state index contributed by atoms with van der Waals surface area (Å²) in [4.78, 5) is 8.04. The Hall–Kier alpha value is -0.940. The van der Waals surface area contributed by atoms with Gasteiger partial charge in [-0.15, -0.1) is 0 Å². The number of halogens is 2. The molecule has 6 heteroatoms. The van der Waals surface area contributed by atoms with Crippen LogP contribution in [0.15, 0.2) is 29.3 Å². The van der Waals surface area contributed by atoms with Gasteiger partial charge in [0.1, 0.15) is 5.15 Å². The zero-order valence-corrected chi connectivity index (χ0v) is 9.40. The van der Waals surface area contributed by atoms with Crippen LogP contribution in [-0.2, 0) is 6.54 Å². The highest BCUT2D eigenvalue weighted by molar-refractivity contribution is 9.10. The van der Waals surface area contributed by atoms with Gasteiger partial charge in [0.2, 0.25) is 0 Å². The molecule has 0 aliphatic heterocycles. The highest BCUT2D eigenvalue weighted by Crippen LogP contribution is 2.08. The van der Waals surface area contributed by atoms with Gasteiger partial charge in [-0.05, 0) is 15.9 Å². The highest BCUT2D eigenvalue weighted by Gasteiger charge is 1.99. The molecule has 0 unspecified atom stereocenters. The van der Waals surface area contributed by atoms with Crippen LogP contribution in [0.4, 0.5) is 0 Å². The Kier molecular flexibility index (Phi) is 2.79. The molecule has 0 spiro atoms. The maximum absolute atomic E-state index is 5.62. The Labute approximate surface area is 94.1 Å². The van der Waals surface area contributed by atoms with E-state index in [1.807, 2.05) is 6.20 Å². The fourth-order valence-corrected chi connectivity index (χ4v) is 1.44.